The summed E-state index contributed by atoms with van der Waals surface area (Å²) in [7, 11) is -5.86. The average Bonchev–Trinajstić information content (AvgIpc) is 3.73. The normalized spacial score (nSPS) is 12.8. The van der Waals surface area contributed by atoms with Crippen LogP contribution in [-0.2, 0) is 5.41 Å². The lowest BCUT2D eigenvalue weighted by Gasteiger charge is -2.38. The molecule has 0 saturated carbocycles. The molecule has 0 fully saturated rings. The molecule has 0 saturated heterocycles. The molecule has 0 aromatic heterocycles. The van der Waals surface area contributed by atoms with Crippen LogP contribution in [0.25, 0.3) is 22.3 Å². The lowest BCUT2D eigenvalue weighted by Crippen LogP contribution is -2.74. The molecule has 0 nitrogen and oxygen atoms in total. The number of benzene rings is 11. The van der Waals surface area contributed by atoms with Crippen molar-refractivity contribution in [3.8, 4) is 22.3 Å². The summed E-state index contributed by atoms with van der Waals surface area (Å²) in [5.41, 5.74) is 9.43. The minimum atomic E-state index is -2.93. The van der Waals surface area contributed by atoms with Crippen molar-refractivity contribution < 1.29 is 0 Å². The van der Waals surface area contributed by atoms with Crippen LogP contribution in [0.2, 0.25) is 0 Å². The van der Waals surface area contributed by atoms with E-state index < -0.39 is 21.6 Å². The van der Waals surface area contributed by atoms with Gasteiger partial charge in [-0.05, 0) is 86.0 Å². The Morgan fingerprint density at radius 2 is 0.464 bits per heavy atom. The van der Waals surface area contributed by atoms with Gasteiger partial charge in [-0.3, -0.25) is 0 Å². The van der Waals surface area contributed by atoms with Crippen molar-refractivity contribution in [2.45, 2.75) is 5.41 Å². The molecular weight excluding hydrogens is 861 g/mol. The molecule has 0 radical (unpaired) electrons. The zero-order valence-corrected chi connectivity index (χ0v) is 40.4. The number of hydrogen-bond acceptors (Lipinski definition) is 0. The number of hydrogen-bond donors (Lipinski definition) is 0. The molecule has 0 atom stereocenters. The highest BCUT2D eigenvalue weighted by Gasteiger charge is 2.50. The molecule has 0 amide bonds. The van der Waals surface area contributed by atoms with Gasteiger partial charge in [-0.25, -0.2) is 0 Å². The van der Waals surface area contributed by atoms with Crippen LogP contribution in [0.1, 0.15) is 22.3 Å². The standard InChI is InChI=1S/C67H50Si2/c1-9-25-51(26-10-1)52-41-43-54(44-42-52)67(53-27-11-2-12-28-53)65-49-61(68(55-29-13-3-14-30-55,56-31-15-4-16-32-56)57-33-17-5-18-34-57)45-47-63(65)64-48-46-62(50-66(64)67)69(58-35-19-6-20-36-58,59-37-21-7-22-38-59)60-39-23-8-24-40-60/h1-50H. The lowest BCUT2D eigenvalue weighted by molar-refractivity contribution is 0.770. The molecule has 0 unspecified atom stereocenters. The molecular formula is C67H50Si2. The Hall–Kier alpha value is -8.15. The summed E-state index contributed by atoms with van der Waals surface area (Å²) in [6.07, 6.45) is 0. The maximum Gasteiger partial charge on any atom is 0.179 e. The zero-order valence-electron chi connectivity index (χ0n) is 38.4. The molecule has 1 aliphatic carbocycles. The van der Waals surface area contributed by atoms with Crippen molar-refractivity contribution in [1.29, 1.82) is 0 Å². The van der Waals surface area contributed by atoms with Crippen molar-refractivity contribution in [2.24, 2.45) is 0 Å². The van der Waals surface area contributed by atoms with Gasteiger partial charge in [0.05, 0.1) is 5.41 Å². The second-order valence-corrected chi connectivity index (χ2v) is 25.9. The second-order valence-electron chi connectivity index (χ2n) is 18.3. The van der Waals surface area contributed by atoms with Gasteiger partial charge >= 0.3 is 0 Å². The topological polar surface area (TPSA) is 0 Å². The summed E-state index contributed by atoms with van der Waals surface area (Å²) < 4.78 is 0. The highest BCUT2D eigenvalue weighted by molar-refractivity contribution is 7.20. The molecule has 0 N–H and O–H groups in total. The third-order valence-corrected chi connectivity index (χ3v) is 24.4. The van der Waals surface area contributed by atoms with E-state index in [2.05, 4.69) is 303 Å². The monoisotopic (exact) mass is 910 g/mol. The fourth-order valence-corrected chi connectivity index (χ4v) is 21.5. The summed E-state index contributed by atoms with van der Waals surface area (Å²) >= 11 is 0. The molecule has 69 heavy (non-hydrogen) atoms. The molecule has 2 heteroatoms. The van der Waals surface area contributed by atoms with Crippen LogP contribution in [0, 0.1) is 0 Å². The predicted molar refractivity (Wildman–Crippen MR) is 296 cm³/mol. The molecule has 326 valence electrons. The van der Waals surface area contributed by atoms with E-state index in [4.69, 9.17) is 0 Å². The van der Waals surface area contributed by atoms with E-state index in [1.165, 1.54) is 86.0 Å². The Morgan fingerprint density at radius 3 is 0.783 bits per heavy atom. The first-order valence-electron chi connectivity index (χ1n) is 24.1. The SMILES string of the molecule is c1ccc(-c2ccc(C3(c4ccccc4)c4cc([Si](c5ccccc5)(c5ccccc5)c5ccccc5)ccc4-c4ccc([Si](c5ccccc5)(c5ccccc5)c5ccccc5)cc43)cc2)cc1. The largest absolute Gasteiger partial charge is 0.179 e. The highest BCUT2D eigenvalue weighted by atomic mass is 28.3. The maximum absolute atomic E-state index is 2.93. The van der Waals surface area contributed by atoms with Crippen molar-refractivity contribution in [3.63, 3.8) is 0 Å². The summed E-state index contributed by atoms with van der Waals surface area (Å²) in [6.45, 7) is 0. The van der Waals surface area contributed by atoms with E-state index in [9.17, 15) is 0 Å². The van der Waals surface area contributed by atoms with E-state index in [0.29, 0.717) is 0 Å². The Bertz CT molecular complexity index is 3120. The Kier molecular flexibility index (Phi) is 10.9. The molecule has 1 aliphatic rings. The quantitative estimate of drug-likeness (QED) is 0.0896. The fraction of sp³-hybridized carbons (Fsp3) is 0.0149. The first kappa shape index (κ1) is 42.2. The van der Waals surface area contributed by atoms with Gasteiger partial charge in [0.15, 0.2) is 16.1 Å². The van der Waals surface area contributed by atoms with Crippen molar-refractivity contribution in [3.05, 3.63) is 326 Å². The minimum absolute atomic E-state index is 0.679. The van der Waals surface area contributed by atoms with E-state index in [-0.39, 0.29) is 0 Å². The Balaban J connectivity index is 1.21. The third kappa shape index (κ3) is 6.78. The minimum Gasteiger partial charge on any atom is -0.0623 e. The molecule has 12 rings (SSSR count). The van der Waals surface area contributed by atoms with Gasteiger partial charge in [0.2, 0.25) is 0 Å². The van der Waals surface area contributed by atoms with Gasteiger partial charge < -0.3 is 0 Å². The van der Waals surface area contributed by atoms with Crippen LogP contribution in [0.3, 0.4) is 0 Å². The molecule has 0 heterocycles. The molecule has 11 aromatic carbocycles. The van der Waals surface area contributed by atoms with Gasteiger partial charge in [0.1, 0.15) is 0 Å². The zero-order chi connectivity index (χ0) is 46.1. The van der Waals surface area contributed by atoms with E-state index in [1.807, 2.05) is 0 Å². The first-order valence-corrected chi connectivity index (χ1v) is 28.1. The third-order valence-electron chi connectivity index (χ3n) is 14.9. The van der Waals surface area contributed by atoms with Crippen LogP contribution in [0.15, 0.2) is 303 Å². The summed E-state index contributed by atoms with van der Waals surface area (Å²) in [5, 5.41) is 10.9. The fourth-order valence-electron chi connectivity index (χ4n) is 11.9. The molecule has 11 aromatic rings. The first-order chi connectivity index (χ1) is 34.2. The number of fused-ring (bicyclic) bond motifs is 3. The Labute approximate surface area is 408 Å². The van der Waals surface area contributed by atoms with E-state index >= 15 is 0 Å². The van der Waals surface area contributed by atoms with Crippen molar-refractivity contribution >= 4 is 57.6 Å². The predicted octanol–water partition coefficient (Wildman–Crippen LogP) is 10.5. The van der Waals surface area contributed by atoms with Gasteiger partial charge in [0.25, 0.3) is 0 Å². The summed E-state index contributed by atoms with van der Waals surface area (Å²) in [4.78, 5) is 0. The van der Waals surface area contributed by atoms with Crippen molar-refractivity contribution in [1.82, 2.24) is 0 Å². The Morgan fingerprint density at radius 1 is 0.203 bits per heavy atom. The lowest BCUT2D eigenvalue weighted by atomic mass is 9.67. The van der Waals surface area contributed by atoms with Gasteiger partial charge in [0, 0.05) is 0 Å². The van der Waals surface area contributed by atoms with Crippen LogP contribution in [0.5, 0.6) is 0 Å². The van der Waals surface area contributed by atoms with Gasteiger partial charge in [-0.15, -0.1) is 0 Å². The maximum atomic E-state index is 2.64. The van der Waals surface area contributed by atoms with Crippen molar-refractivity contribution in [2.75, 3.05) is 0 Å². The molecule has 0 aliphatic heterocycles. The molecule has 0 bridgehead atoms. The van der Waals surface area contributed by atoms with Crippen LogP contribution < -0.4 is 41.5 Å². The van der Waals surface area contributed by atoms with Crippen LogP contribution >= 0.6 is 0 Å². The van der Waals surface area contributed by atoms with Crippen LogP contribution in [0.4, 0.5) is 0 Å². The summed E-state index contributed by atoms with van der Waals surface area (Å²) in [6, 6.07) is 115. The van der Waals surface area contributed by atoms with Gasteiger partial charge in [-0.1, -0.05) is 303 Å². The summed E-state index contributed by atoms with van der Waals surface area (Å²) in [5.74, 6) is 0. The second kappa shape index (κ2) is 17.8. The van der Waals surface area contributed by atoms with Crippen LogP contribution in [-0.4, -0.2) is 16.1 Å². The highest BCUT2D eigenvalue weighted by Crippen LogP contribution is 2.56. The van der Waals surface area contributed by atoms with Gasteiger partial charge in [-0.2, -0.15) is 0 Å². The average molecular weight is 911 g/mol. The molecule has 0 spiro atoms. The van der Waals surface area contributed by atoms with E-state index in [1.54, 1.807) is 0 Å². The van der Waals surface area contributed by atoms with E-state index in [0.717, 1.165) is 0 Å². The smallest absolute Gasteiger partial charge is 0.0623 e. The number of rotatable bonds is 11.